The van der Waals surface area contributed by atoms with Gasteiger partial charge in [0.15, 0.2) is 0 Å². The number of likely N-dealkylation sites (tertiary alicyclic amines) is 2. The Morgan fingerprint density at radius 1 is 1.33 bits per heavy atom. The molecule has 0 saturated carbocycles. The molecule has 0 aromatic heterocycles. The predicted octanol–water partition coefficient (Wildman–Crippen LogP) is 0.503. The maximum atomic E-state index is 12.2. The van der Waals surface area contributed by atoms with Crippen LogP contribution in [0.3, 0.4) is 0 Å². The first-order valence-corrected chi connectivity index (χ1v) is 7.47. The molecule has 2 aliphatic rings. The smallest absolute Gasteiger partial charge is 0.317 e. The minimum atomic E-state index is -0.784. The van der Waals surface area contributed by atoms with Crippen molar-refractivity contribution in [2.45, 2.75) is 38.1 Å². The van der Waals surface area contributed by atoms with Crippen LogP contribution in [0.25, 0.3) is 0 Å². The van der Waals surface area contributed by atoms with Crippen molar-refractivity contribution in [2.75, 3.05) is 26.7 Å². The number of nitrogens with one attached hydrogen (secondary N) is 1. The first kappa shape index (κ1) is 15.6. The number of aliphatic carboxylic acids is 1. The third-order valence-electron chi connectivity index (χ3n) is 4.29. The van der Waals surface area contributed by atoms with Crippen LogP contribution in [0, 0.1) is 5.92 Å². The van der Waals surface area contributed by atoms with Crippen LogP contribution in [0.15, 0.2) is 0 Å². The Labute approximate surface area is 124 Å². The highest BCUT2D eigenvalue weighted by molar-refractivity contribution is 5.78. The van der Waals surface area contributed by atoms with Gasteiger partial charge in [-0.3, -0.25) is 9.59 Å². The third-order valence-corrected chi connectivity index (χ3v) is 4.29. The Balaban J connectivity index is 1.74. The van der Waals surface area contributed by atoms with Gasteiger partial charge in [-0.1, -0.05) is 0 Å². The molecule has 0 radical (unpaired) electrons. The van der Waals surface area contributed by atoms with Gasteiger partial charge in [0, 0.05) is 45.6 Å². The number of rotatable bonds is 4. The predicted molar refractivity (Wildman–Crippen MR) is 75.7 cm³/mol. The maximum absolute atomic E-state index is 12.2. The molecule has 2 N–H and O–H groups in total. The maximum Gasteiger partial charge on any atom is 0.317 e. The van der Waals surface area contributed by atoms with Gasteiger partial charge >= 0.3 is 12.0 Å². The molecule has 2 rings (SSSR count). The second kappa shape index (κ2) is 6.78. The van der Waals surface area contributed by atoms with E-state index in [0.29, 0.717) is 38.9 Å². The number of carbonyl (C=O) groups is 3. The van der Waals surface area contributed by atoms with Crippen molar-refractivity contribution in [3.8, 4) is 0 Å². The van der Waals surface area contributed by atoms with E-state index in [4.69, 9.17) is 5.11 Å². The van der Waals surface area contributed by atoms with Crippen molar-refractivity contribution in [1.29, 1.82) is 0 Å². The molecule has 2 aliphatic heterocycles. The third kappa shape index (κ3) is 4.34. The van der Waals surface area contributed by atoms with Crippen LogP contribution >= 0.6 is 0 Å². The van der Waals surface area contributed by atoms with Gasteiger partial charge in [-0.25, -0.2) is 4.79 Å². The van der Waals surface area contributed by atoms with E-state index < -0.39 is 5.97 Å². The van der Waals surface area contributed by atoms with Gasteiger partial charge in [-0.15, -0.1) is 0 Å². The van der Waals surface area contributed by atoms with E-state index in [1.54, 1.807) is 16.8 Å². The van der Waals surface area contributed by atoms with E-state index >= 15 is 0 Å². The van der Waals surface area contributed by atoms with E-state index in [2.05, 4.69) is 5.32 Å². The van der Waals surface area contributed by atoms with Gasteiger partial charge in [0.2, 0.25) is 5.91 Å². The molecule has 0 bridgehead atoms. The number of carboxylic acid groups (broad SMARTS) is 1. The molecule has 2 unspecified atom stereocenters. The van der Waals surface area contributed by atoms with Crippen molar-refractivity contribution >= 4 is 17.9 Å². The molecule has 0 aliphatic carbocycles. The average molecular weight is 297 g/mol. The minimum absolute atomic E-state index is 0.0123. The number of amides is 3. The van der Waals surface area contributed by atoms with Crippen LogP contribution in [0.2, 0.25) is 0 Å². The van der Waals surface area contributed by atoms with Crippen LogP contribution in [-0.2, 0) is 9.59 Å². The number of piperidine rings is 1. The lowest BCUT2D eigenvalue weighted by molar-refractivity contribution is -0.137. The summed E-state index contributed by atoms with van der Waals surface area (Å²) in [6.45, 7) is 1.86. The number of nitrogens with zero attached hydrogens (tertiary/aromatic N) is 2. The van der Waals surface area contributed by atoms with Gasteiger partial charge < -0.3 is 20.2 Å². The molecule has 0 spiro atoms. The summed E-state index contributed by atoms with van der Waals surface area (Å²) in [6.07, 6.45) is 2.81. The summed E-state index contributed by atoms with van der Waals surface area (Å²) in [5, 5.41) is 11.7. The molecule has 2 heterocycles. The highest BCUT2D eigenvalue weighted by Crippen LogP contribution is 2.21. The summed E-state index contributed by atoms with van der Waals surface area (Å²) in [6, 6.07) is -0.0844. The number of likely N-dealkylation sites (N-methyl/N-ethyl adjacent to an activating group) is 1. The molecular formula is C14H23N3O4. The summed E-state index contributed by atoms with van der Waals surface area (Å²) in [7, 11) is 1.75. The van der Waals surface area contributed by atoms with Gasteiger partial charge in [-0.05, 0) is 25.2 Å². The highest BCUT2D eigenvalue weighted by atomic mass is 16.4. The molecule has 7 nitrogen and oxygen atoms in total. The topological polar surface area (TPSA) is 90.0 Å². The van der Waals surface area contributed by atoms with E-state index in [-0.39, 0.29) is 30.3 Å². The van der Waals surface area contributed by atoms with Gasteiger partial charge in [0.25, 0.3) is 0 Å². The fourth-order valence-electron chi connectivity index (χ4n) is 2.98. The van der Waals surface area contributed by atoms with E-state index in [1.807, 2.05) is 0 Å². The Hall–Kier alpha value is -1.79. The number of hydrogen-bond donors (Lipinski definition) is 2. The van der Waals surface area contributed by atoms with Gasteiger partial charge in [0.1, 0.15) is 0 Å². The quantitative estimate of drug-likeness (QED) is 0.791. The standard InChI is InChI=1S/C14H23N3O4/c1-16-9-11(3-4-12(16)18)15-14(21)17-7-6-10(8-17)2-5-13(19)20/h10-11H,2-9H2,1H3,(H,15,21)(H,19,20). The van der Waals surface area contributed by atoms with Crippen LogP contribution in [0.1, 0.15) is 32.1 Å². The summed E-state index contributed by atoms with van der Waals surface area (Å²) in [4.78, 5) is 37.6. The molecule has 3 amide bonds. The van der Waals surface area contributed by atoms with E-state index in [1.165, 1.54) is 0 Å². The Bertz CT molecular complexity index is 426. The molecule has 0 aromatic rings. The molecular weight excluding hydrogens is 274 g/mol. The lowest BCUT2D eigenvalue weighted by Crippen LogP contribution is -2.51. The molecule has 2 atom stereocenters. The van der Waals surface area contributed by atoms with Crippen LogP contribution in [0.5, 0.6) is 0 Å². The van der Waals surface area contributed by atoms with Crippen LogP contribution in [0.4, 0.5) is 4.79 Å². The zero-order chi connectivity index (χ0) is 15.4. The zero-order valence-corrected chi connectivity index (χ0v) is 12.4. The number of urea groups is 1. The first-order valence-electron chi connectivity index (χ1n) is 7.47. The lowest BCUT2D eigenvalue weighted by Gasteiger charge is -2.31. The van der Waals surface area contributed by atoms with Crippen molar-refractivity contribution in [2.24, 2.45) is 5.92 Å². The van der Waals surface area contributed by atoms with Crippen molar-refractivity contribution < 1.29 is 19.5 Å². The molecule has 7 heteroatoms. The molecule has 2 fully saturated rings. The van der Waals surface area contributed by atoms with Crippen molar-refractivity contribution in [3.63, 3.8) is 0 Å². The normalized spacial score (nSPS) is 26.0. The minimum Gasteiger partial charge on any atom is -0.481 e. The Kier molecular flexibility index (Phi) is 5.03. The lowest BCUT2D eigenvalue weighted by atomic mass is 10.0. The highest BCUT2D eigenvalue weighted by Gasteiger charge is 2.29. The summed E-state index contributed by atoms with van der Waals surface area (Å²) in [5.74, 6) is -0.384. The second-order valence-electron chi connectivity index (χ2n) is 5.99. The summed E-state index contributed by atoms with van der Waals surface area (Å²) >= 11 is 0. The Morgan fingerprint density at radius 3 is 2.76 bits per heavy atom. The fraction of sp³-hybridized carbons (Fsp3) is 0.786. The monoisotopic (exact) mass is 297 g/mol. The number of hydrogen-bond acceptors (Lipinski definition) is 3. The SMILES string of the molecule is CN1CC(NC(=O)N2CCC(CCC(=O)O)C2)CCC1=O. The fourth-order valence-corrected chi connectivity index (χ4v) is 2.98. The van der Waals surface area contributed by atoms with E-state index in [9.17, 15) is 14.4 Å². The average Bonchev–Trinajstić information content (AvgIpc) is 2.89. The summed E-state index contributed by atoms with van der Waals surface area (Å²) < 4.78 is 0. The molecule has 118 valence electrons. The van der Waals surface area contributed by atoms with Gasteiger partial charge in [-0.2, -0.15) is 0 Å². The van der Waals surface area contributed by atoms with E-state index in [0.717, 1.165) is 6.42 Å². The molecule has 21 heavy (non-hydrogen) atoms. The Morgan fingerprint density at radius 2 is 2.10 bits per heavy atom. The van der Waals surface area contributed by atoms with Crippen molar-refractivity contribution in [3.05, 3.63) is 0 Å². The second-order valence-corrected chi connectivity index (χ2v) is 5.99. The molecule has 0 aromatic carbocycles. The number of carbonyl (C=O) groups excluding carboxylic acids is 2. The van der Waals surface area contributed by atoms with Crippen LogP contribution in [-0.4, -0.2) is 65.5 Å². The first-order chi connectivity index (χ1) is 9.95. The molecule has 2 saturated heterocycles. The largest absolute Gasteiger partial charge is 0.481 e. The summed E-state index contributed by atoms with van der Waals surface area (Å²) in [5.41, 5.74) is 0. The number of carboxylic acids is 1. The zero-order valence-electron chi connectivity index (χ0n) is 12.4. The van der Waals surface area contributed by atoms with Crippen molar-refractivity contribution in [1.82, 2.24) is 15.1 Å². The van der Waals surface area contributed by atoms with Crippen LogP contribution < -0.4 is 5.32 Å². The van der Waals surface area contributed by atoms with Gasteiger partial charge in [0.05, 0.1) is 0 Å².